The molecule has 4 nitrogen and oxygen atoms in total. The smallest absolute Gasteiger partial charge is 0.335 e. The summed E-state index contributed by atoms with van der Waals surface area (Å²) >= 11 is 0. The van der Waals surface area contributed by atoms with Gasteiger partial charge >= 0.3 is 29.6 Å². The molecule has 0 unspecified atom stereocenters. The summed E-state index contributed by atoms with van der Waals surface area (Å²) in [6.45, 7) is 2.23. The van der Waals surface area contributed by atoms with E-state index < -0.39 is 0 Å². The number of tetrazole rings is 1. The van der Waals surface area contributed by atoms with Crippen LogP contribution in [0.25, 0.3) is 0 Å². The molecule has 2 rings (SSSR count). The average molecular weight is 252 g/mol. The molecule has 5 heteroatoms. The maximum absolute atomic E-state index is 3.84. The van der Waals surface area contributed by atoms with E-state index in [2.05, 4.69) is 51.8 Å². The maximum atomic E-state index is 3.84. The third-order valence-electron chi connectivity index (χ3n) is 2.78. The quantitative estimate of drug-likeness (QED) is 0.497. The van der Waals surface area contributed by atoms with Gasteiger partial charge in [0.2, 0.25) is 0 Å². The number of unbranched alkanes of at least 4 members (excludes halogenated alkanes) is 2. The second-order valence-electron chi connectivity index (χ2n) is 4.25. The first-order valence-electron chi connectivity index (χ1n) is 6.14. The van der Waals surface area contributed by atoms with Gasteiger partial charge in [-0.05, 0) is 24.0 Å². The van der Waals surface area contributed by atoms with E-state index in [-0.39, 0.29) is 29.6 Å². The molecule has 18 heavy (non-hydrogen) atoms. The van der Waals surface area contributed by atoms with Crippen molar-refractivity contribution >= 4 is 0 Å². The molecule has 0 saturated carbocycles. The van der Waals surface area contributed by atoms with Crippen molar-refractivity contribution in [1.82, 2.24) is 20.6 Å². The SMILES string of the molecule is CCCCCc1cccc(Cc2nnn[n-]2)c1.[Na+]. The molecule has 0 atom stereocenters. The summed E-state index contributed by atoms with van der Waals surface area (Å²) in [6, 6.07) is 8.60. The fourth-order valence-electron chi connectivity index (χ4n) is 1.89. The summed E-state index contributed by atoms with van der Waals surface area (Å²) in [7, 11) is 0. The third-order valence-corrected chi connectivity index (χ3v) is 2.78. The molecule has 1 heterocycles. The molecule has 0 spiro atoms. The van der Waals surface area contributed by atoms with E-state index in [1.807, 2.05) is 0 Å². The minimum Gasteiger partial charge on any atom is -0.335 e. The second-order valence-corrected chi connectivity index (χ2v) is 4.25. The Hall–Kier alpha value is -0.710. The van der Waals surface area contributed by atoms with Gasteiger partial charge in [0.05, 0.1) is 0 Å². The van der Waals surface area contributed by atoms with Crippen LogP contribution in [-0.2, 0) is 12.8 Å². The Labute approximate surface area is 130 Å². The molecule has 2 aromatic rings. The van der Waals surface area contributed by atoms with Crippen LogP contribution in [0.1, 0.15) is 43.1 Å². The minimum atomic E-state index is 0. The van der Waals surface area contributed by atoms with E-state index in [9.17, 15) is 0 Å². The monoisotopic (exact) mass is 252 g/mol. The zero-order valence-corrected chi connectivity index (χ0v) is 13.1. The van der Waals surface area contributed by atoms with Crippen LogP contribution in [0.4, 0.5) is 0 Å². The summed E-state index contributed by atoms with van der Waals surface area (Å²) in [5.74, 6) is 0.690. The van der Waals surface area contributed by atoms with E-state index >= 15 is 0 Å². The summed E-state index contributed by atoms with van der Waals surface area (Å²) in [6.07, 6.45) is 5.69. The Balaban J connectivity index is 0.00000162. The van der Waals surface area contributed by atoms with Crippen LogP contribution in [-0.4, -0.2) is 15.5 Å². The van der Waals surface area contributed by atoms with Crippen molar-refractivity contribution in [3.05, 3.63) is 41.2 Å². The molecular formula is C13H17N4Na. The van der Waals surface area contributed by atoms with E-state index in [1.165, 1.54) is 30.4 Å². The van der Waals surface area contributed by atoms with E-state index in [0.717, 1.165) is 6.42 Å². The van der Waals surface area contributed by atoms with Crippen LogP contribution < -0.4 is 34.7 Å². The fourth-order valence-corrected chi connectivity index (χ4v) is 1.89. The van der Waals surface area contributed by atoms with Crippen LogP contribution in [0.5, 0.6) is 0 Å². The number of benzene rings is 1. The van der Waals surface area contributed by atoms with E-state index in [4.69, 9.17) is 0 Å². The van der Waals surface area contributed by atoms with Crippen LogP contribution in [0.15, 0.2) is 24.3 Å². The molecule has 0 N–H and O–H groups in total. The topological polar surface area (TPSA) is 52.8 Å². The van der Waals surface area contributed by atoms with Crippen LogP contribution in [0, 0.1) is 0 Å². The summed E-state index contributed by atoms with van der Waals surface area (Å²) < 4.78 is 0. The standard InChI is InChI=1S/C13H17N4.Na/c1-2-3-4-6-11-7-5-8-12(9-11)10-13-14-16-17-15-13;/h5,7-9H,2-4,6,10H2,1H3;/q-1;+1. The van der Waals surface area contributed by atoms with Crippen molar-refractivity contribution in [2.45, 2.75) is 39.0 Å². The molecular weight excluding hydrogens is 235 g/mol. The van der Waals surface area contributed by atoms with E-state index in [1.54, 1.807) is 0 Å². The number of aromatic nitrogens is 4. The van der Waals surface area contributed by atoms with Gasteiger partial charge in [-0.3, -0.25) is 10.3 Å². The first-order valence-corrected chi connectivity index (χ1v) is 6.14. The van der Waals surface area contributed by atoms with Gasteiger partial charge in [0.1, 0.15) is 0 Å². The molecule has 0 amide bonds. The third kappa shape index (κ3) is 4.88. The number of rotatable bonds is 6. The minimum absolute atomic E-state index is 0. The van der Waals surface area contributed by atoms with Crippen molar-refractivity contribution in [3.63, 3.8) is 0 Å². The molecule has 0 aliphatic heterocycles. The summed E-state index contributed by atoms with van der Waals surface area (Å²) in [4.78, 5) is 0. The van der Waals surface area contributed by atoms with Crippen molar-refractivity contribution in [2.75, 3.05) is 0 Å². The van der Waals surface area contributed by atoms with Gasteiger partial charge in [-0.15, -0.1) is 0 Å². The second kappa shape index (κ2) is 8.40. The fraction of sp³-hybridized carbons (Fsp3) is 0.462. The van der Waals surface area contributed by atoms with Crippen molar-refractivity contribution < 1.29 is 29.6 Å². The van der Waals surface area contributed by atoms with Gasteiger partial charge < -0.3 is 5.10 Å². The average Bonchev–Trinajstić information content (AvgIpc) is 2.83. The number of hydrogen-bond acceptors (Lipinski definition) is 3. The molecule has 0 radical (unpaired) electrons. The first-order chi connectivity index (χ1) is 8.38. The Bertz CT molecular complexity index is 442. The number of nitrogens with zero attached hydrogens (tertiary/aromatic N) is 4. The Morgan fingerprint density at radius 3 is 2.72 bits per heavy atom. The predicted octanol–water partition coefficient (Wildman–Crippen LogP) is -0.844. The normalized spacial score (nSPS) is 10.1. The van der Waals surface area contributed by atoms with Crippen LogP contribution in [0.2, 0.25) is 0 Å². The number of hydrogen-bond donors (Lipinski definition) is 0. The molecule has 0 bridgehead atoms. The largest absolute Gasteiger partial charge is 1.00 e. The molecule has 0 aliphatic carbocycles. The van der Waals surface area contributed by atoms with Crippen LogP contribution >= 0.6 is 0 Å². The molecule has 0 aliphatic rings. The Morgan fingerprint density at radius 1 is 1.17 bits per heavy atom. The summed E-state index contributed by atoms with van der Waals surface area (Å²) in [5, 5.41) is 14.7. The van der Waals surface area contributed by atoms with Gasteiger partial charge in [-0.25, -0.2) is 0 Å². The molecule has 0 saturated heterocycles. The van der Waals surface area contributed by atoms with Gasteiger partial charge in [0.15, 0.2) is 0 Å². The van der Waals surface area contributed by atoms with Gasteiger partial charge in [-0.2, -0.15) is 5.21 Å². The van der Waals surface area contributed by atoms with Crippen LogP contribution in [0.3, 0.4) is 0 Å². The van der Waals surface area contributed by atoms with Gasteiger partial charge in [0.25, 0.3) is 0 Å². The summed E-state index contributed by atoms with van der Waals surface area (Å²) in [5.41, 5.74) is 2.62. The first kappa shape index (κ1) is 15.3. The van der Waals surface area contributed by atoms with Crippen molar-refractivity contribution in [1.29, 1.82) is 0 Å². The van der Waals surface area contributed by atoms with E-state index in [0.29, 0.717) is 12.2 Å². The zero-order chi connectivity index (χ0) is 11.9. The molecule has 1 aromatic carbocycles. The molecule has 0 fully saturated rings. The molecule has 1 aromatic heterocycles. The zero-order valence-electron chi connectivity index (χ0n) is 11.1. The molecule has 90 valence electrons. The van der Waals surface area contributed by atoms with Crippen molar-refractivity contribution in [2.24, 2.45) is 0 Å². The maximum Gasteiger partial charge on any atom is 1.00 e. The van der Waals surface area contributed by atoms with Gasteiger partial charge in [0, 0.05) is 12.2 Å². The predicted molar refractivity (Wildman–Crippen MR) is 65.6 cm³/mol. The Kier molecular flexibility index (Phi) is 7.16. The number of aryl methyl sites for hydroxylation is 1. The van der Waals surface area contributed by atoms with Crippen molar-refractivity contribution in [3.8, 4) is 0 Å². The Morgan fingerprint density at radius 2 is 2.00 bits per heavy atom. The van der Waals surface area contributed by atoms with Gasteiger partial charge in [-0.1, -0.05) is 44.0 Å².